The van der Waals surface area contributed by atoms with Gasteiger partial charge in [0.15, 0.2) is 5.60 Å². The Labute approximate surface area is 82.3 Å². The second kappa shape index (κ2) is 3.10. The zero-order valence-corrected chi connectivity index (χ0v) is 7.93. The number of carbonyl (C=O) groups is 1. The molecule has 0 spiro atoms. The first kappa shape index (κ1) is 9.21. The number of ether oxygens (including phenoxy) is 1. The van der Waals surface area contributed by atoms with E-state index >= 15 is 0 Å². The highest BCUT2D eigenvalue weighted by molar-refractivity contribution is 5.81. The Balaban J connectivity index is 2.22. The quantitative estimate of drug-likeness (QED) is 0.745. The third-order valence-electron chi connectivity index (χ3n) is 2.68. The van der Waals surface area contributed by atoms with E-state index in [4.69, 9.17) is 9.84 Å². The molecule has 1 aromatic rings. The summed E-state index contributed by atoms with van der Waals surface area (Å²) in [7, 11) is 0. The van der Waals surface area contributed by atoms with Gasteiger partial charge in [0.1, 0.15) is 6.10 Å². The Morgan fingerprint density at radius 1 is 1.50 bits per heavy atom. The molecule has 0 aromatic heterocycles. The molecule has 1 aromatic carbocycles. The van der Waals surface area contributed by atoms with Gasteiger partial charge in [-0.25, -0.2) is 4.79 Å². The normalized spacial score (nSPS) is 29.9. The molecule has 2 rings (SSSR count). The molecule has 0 aliphatic carbocycles. The predicted molar refractivity (Wildman–Crippen MR) is 50.9 cm³/mol. The molecule has 0 bridgehead atoms. The molecule has 1 aliphatic heterocycles. The minimum absolute atomic E-state index is 0.272. The number of rotatable bonds is 3. The Kier molecular flexibility index (Phi) is 2.04. The monoisotopic (exact) mass is 192 g/mol. The molecule has 0 unspecified atom stereocenters. The number of benzene rings is 1. The highest BCUT2D eigenvalue weighted by atomic mass is 16.6. The molecule has 1 aliphatic rings. The smallest absolute Gasteiger partial charge is 0.339 e. The average molecular weight is 192 g/mol. The van der Waals surface area contributed by atoms with Gasteiger partial charge in [-0.05, 0) is 12.0 Å². The fraction of sp³-hybridized carbons (Fsp3) is 0.364. The van der Waals surface area contributed by atoms with Crippen molar-refractivity contribution in [1.82, 2.24) is 0 Å². The van der Waals surface area contributed by atoms with Gasteiger partial charge < -0.3 is 9.84 Å². The lowest BCUT2D eigenvalue weighted by atomic mass is 9.97. The van der Waals surface area contributed by atoms with E-state index in [0.29, 0.717) is 6.42 Å². The topological polar surface area (TPSA) is 49.8 Å². The minimum atomic E-state index is -0.971. The van der Waals surface area contributed by atoms with Crippen LogP contribution in [0.4, 0.5) is 0 Å². The van der Waals surface area contributed by atoms with Crippen molar-refractivity contribution in [1.29, 1.82) is 0 Å². The van der Waals surface area contributed by atoms with E-state index in [1.54, 1.807) is 0 Å². The highest BCUT2D eigenvalue weighted by Gasteiger charge is 2.62. The number of carboxylic acid groups (broad SMARTS) is 1. The Morgan fingerprint density at radius 2 is 2.14 bits per heavy atom. The first-order valence-electron chi connectivity index (χ1n) is 4.67. The van der Waals surface area contributed by atoms with E-state index in [1.165, 1.54) is 0 Å². The van der Waals surface area contributed by atoms with E-state index in [-0.39, 0.29) is 6.10 Å². The zero-order chi connectivity index (χ0) is 10.2. The largest absolute Gasteiger partial charge is 0.479 e. The zero-order valence-electron chi connectivity index (χ0n) is 7.93. The van der Waals surface area contributed by atoms with Crippen LogP contribution in [-0.4, -0.2) is 16.7 Å². The molecule has 0 saturated carbocycles. The molecule has 1 heterocycles. The number of aliphatic carboxylic acids is 1. The molecule has 0 radical (unpaired) electrons. The van der Waals surface area contributed by atoms with Gasteiger partial charge in [-0.3, -0.25) is 0 Å². The summed E-state index contributed by atoms with van der Waals surface area (Å²) in [6.45, 7) is 1.83. The van der Waals surface area contributed by atoms with Gasteiger partial charge in [-0.2, -0.15) is 0 Å². The van der Waals surface area contributed by atoms with Gasteiger partial charge in [0.25, 0.3) is 0 Å². The Hall–Kier alpha value is -1.35. The molecule has 1 saturated heterocycles. The third kappa shape index (κ3) is 1.21. The van der Waals surface area contributed by atoms with Crippen molar-refractivity contribution in [2.24, 2.45) is 0 Å². The summed E-state index contributed by atoms with van der Waals surface area (Å²) in [6, 6.07) is 9.47. The Bertz CT molecular complexity index is 347. The van der Waals surface area contributed by atoms with Crippen molar-refractivity contribution in [2.45, 2.75) is 25.0 Å². The van der Waals surface area contributed by atoms with Crippen molar-refractivity contribution in [2.75, 3.05) is 0 Å². The van der Waals surface area contributed by atoms with Crippen LogP contribution in [0.25, 0.3) is 0 Å². The maximum Gasteiger partial charge on any atom is 0.339 e. The van der Waals surface area contributed by atoms with E-state index in [1.807, 2.05) is 37.3 Å². The molecule has 3 heteroatoms. The summed E-state index contributed by atoms with van der Waals surface area (Å²) in [5.41, 5.74) is -0.0294. The summed E-state index contributed by atoms with van der Waals surface area (Å²) in [5.74, 6) is -0.867. The lowest BCUT2D eigenvalue weighted by Gasteiger charge is -2.02. The fourth-order valence-corrected chi connectivity index (χ4v) is 1.72. The molecular formula is C11H12O3. The van der Waals surface area contributed by atoms with Crippen LogP contribution < -0.4 is 0 Å². The second-order valence-electron chi connectivity index (χ2n) is 3.46. The molecule has 74 valence electrons. The van der Waals surface area contributed by atoms with E-state index in [0.717, 1.165) is 5.56 Å². The second-order valence-corrected chi connectivity index (χ2v) is 3.46. The molecule has 1 fully saturated rings. The summed E-state index contributed by atoms with van der Waals surface area (Å²) >= 11 is 0. The first-order valence-corrected chi connectivity index (χ1v) is 4.67. The van der Waals surface area contributed by atoms with Crippen molar-refractivity contribution in [3.8, 4) is 0 Å². The lowest BCUT2D eigenvalue weighted by molar-refractivity contribution is -0.143. The van der Waals surface area contributed by atoms with Crippen molar-refractivity contribution in [3.63, 3.8) is 0 Å². The van der Waals surface area contributed by atoms with Crippen LogP contribution in [0.15, 0.2) is 30.3 Å². The maximum atomic E-state index is 11.0. The summed E-state index contributed by atoms with van der Waals surface area (Å²) < 4.78 is 5.30. The lowest BCUT2D eigenvalue weighted by Crippen LogP contribution is -2.23. The third-order valence-corrected chi connectivity index (χ3v) is 2.68. The van der Waals surface area contributed by atoms with Gasteiger partial charge >= 0.3 is 5.97 Å². The molecular weight excluding hydrogens is 180 g/mol. The summed E-state index contributed by atoms with van der Waals surface area (Å²) in [4.78, 5) is 11.0. The van der Waals surface area contributed by atoms with Crippen LogP contribution in [0, 0.1) is 0 Å². The molecule has 14 heavy (non-hydrogen) atoms. The fourth-order valence-electron chi connectivity index (χ4n) is 1.72. The number of hydrogen-bond donors (Lipinski definition) is 1. The van der Waals surface area contributed by atoms with Gasteiger partial charge in [0.2, 0.25) is 0 Å². The molecule has 3 nitrogen and oxygen atoms in total. The van der Waals surface area contributed by atoms with E-state index in [9.17, 15) is 4.79 Å². The van der Waals surface area contributed by atoms with Gasteiger partial charge in [-0.1, -0.05) is 37.3 Å². The predicted octanol–water partition coefficient (Wildman–Crippen LogP) is 1.99. The van der Waals surface area contributed by atoms with Crippen molar-refractivity contribution in [3.05, 3.63) is 35.9 Å². The standard InChI is InChI=1S/C11H12O3/c1-2-11(10(12)13)9(14-11)8-6-4-3-5-7-8/h3-7,9H,2H2,1H3,(H,12,13)/t9-,11+/m0/s1. The molecule has 1 N–H and O–H groups in total. The van der Waals surface area contributed by atoms with Gasteiger partial charge in [0, 0.05) is 0 Å². The van der Waals surface area contributed by atoms with Crippen LogP contribution in [0.2, 0.25) is 0 Å². The van der Waals surface area contributed by atoms with Crippen LogP contribution in [-0.2, 0) is 9.53 Å². The maximum absolute atomic E-state index is 11.0. The van der Waals surface area contributed by atoms with Crippen LogP contribution in [0.3, 0.4) is 0 Å². The number of carboxylic acids is 1. The van der Waals surface area contributed by atoms with Gasteiger partial charge in [-0.15, -0.1) is 0 Å². The van der Waals surface area contributed by atoms with Crippen LogP contribution in [0.1, 0.15) is 25.0 Å². The first-order chi connectivity index (χ1) is 6.70. The highest BCUT2D eigenvalue weighted by Crippen LogP contribution is 2.51. The van der Waals surface area contributed by atoms with Crippen LogP contribution in [0.5, 0.6) is 0 Å². The van der Waals surface area contributed by atoms with Crippen molar-refractivity contribution >= 4 is 5.97 Å². The van der Waals surface area contributed by atoms with E-state index in [2.05, 4.69) is 0 Å². The number of hydrogen-bond acceptors (Lipinski definition) is 2. The average Bonchev–Trinajstić information content (AvgIpc) is 2.95. The van der Waals surface area contributed by atoms with Crippen molar-refractivity contribution < 1.29 is 14.6 Å². The SMILES string of the molecule is CC[C@@]1(C(=O)O)O[C@H]1c1ccccc1. The molecule has 0 amide bonds. The number of epoxide rings is 1. The molecule has 2 atom stereocenters. The van der Waals surface area contributed by atoms with E-state index < -0.39 is 11.6 Å². The van der Waals surface area contributed by atoms with Crippen LogP contribution >= 0.6 is 0 Å². The Morgan fingerprint density at radius 3 is 2.57 bits per heavy atom. The summed E-state index contributed by atoms with van der Waals surface area (Å²) in [6.07, 6.45) is 0.230. The minimum Gasteiger partial charge on any atom is -0.479 e. The van der Waals surface area contributed by atoms with Gasteiger partial charge in [0.05, 0.1) is 0 Å². The summed E-state index contributed by atoms with van der Waals surface area (Å²) in [5, 5.41) is 9.01.